The lowest BCUT2D eigenvalue weighted by Crippen LogP contribution is -2.03. The summed E-state index contributed by atoms with van der Waals surface area (Å²) >= 11 is 3.56. The average Bonchev–Trinajstić information content (AvgIpc) is 2.55. The Bertz CT molecular complexity index is 1060. The van der Waals surface area contributed by atoms with Crippen LogP contribution in [0.2, 0.25) is 0 Å². The molecular formula is C19H11BrO2. The Morgan fingerprint density at radius 3 is 2.36 bits per heavy atom. The molecular weight excluding hydrogens is 340 g/mol. The molecule has 1 aromatic heterocycles. The molecule has 0 atom stereocenters. The van der Waals surface area contributed by atoms with Crippen molar-refractivity contribution in [2.75, 3.05) is 0 Å². The van der Waals surface area contributed by atoms with E-state index in [1.54, 1.807) is 6.07 Å². The molecule has 22 heavy (non-hydrogen) atoms. The van der Waals surface area contributed by atoms with Crippen molar-refractivity contribution in [1.29, 1.82) is 0 Å². The van der Waals surface area contributed by atoms with Crippen molar-refractivity contribution in [2.24, 2.45) is 0 Å². The Balaban J connectivity index is 2.10. The zero-order valence-electron chi connectivity index (χ0n) is 11.5. The van der Waals surface area contributed by atoms with Crippen LogP contribution < -0.4 is 5.63 Å². The lowest BCUT2D eigenvalue weighted by atomic mass is 9.99. The number of hydrogen-bond donors (Lipinski definition) is 0. The van der Waals surface area contributed by atoms with E-state index >= 15 is 0 Å². The molecule has 0 bridgehead atoms. The number of rotatable bonds is 1. The molecule has 4 rings (SSSR count). The van der Waals surface area contributed by atoms with Gasteiger partial charge in [0.05, 0.1) is 5.56 Å². The fourth-order valence-electron chi connectivity index (χ4n) is 2.75. The Labute approximate surface area is 135 Å². The van der Waals surface area contributed by atoms with Crippen LogP contribution in [0.1, 0.15) is 0 Å². The van der Waals surface area contributed by atoms with E-state index < -0.39 is 0 Å². The molecule has 106 valence electrons. The summed E-state index contributed by atoms with van der Waals surface area (Å²) in [7, 11) is 0. The van der Waals surface area contributed by atoms with Gasteiger partial charge in [0.25, 0.3) is 0 Å². The monoisotopic (exact) mass is 350 g/mol. The molecule has 0 spiro atoms. The highest BCUT2D eigenvalue weighted by Crippen LogP contribution is 2.32. The molecule has 0 aliphatic rings. The fourth-order valence-corrected chi connectivity index (χ4v) is 3.22. The van der Waals surface area contributed by atoms with E-state index in [0.717, 1.165) is 26.2 Å². The number of fused-ring (bicyclic) bond motifs is 2. The third kappa shape index (κ3) is 2.06. The van der Waals surface area contributed by atoms with Gasteiger partial charge in [-0.1, -0.05) is 64.5 Å². The molecule has 0 saturated carbocycles. The minimum Gasteiger partial charge on any atom is -0.422 e. The fraction of sp³-hybridized carbons (Fsp3) is 0. The quantitative estimate of drug-likeness (QED) is 0.431. The SMILES string of the molecule is O=c1oc2ccccc2cc1-c1ccc(Br)c2ccccc12. The van der Waals surface area contributed by atoms with Gasteiger partial charge in [-0.05, 0) is 34.5 Å². The average molecular weight is 351 g/mol. The molecule has 0 fully saturated rings. The van der Waals surface area contributed by atoms with Crippen LogP contribution in [-0.2, 0) is 0 Å². The summed E-state index contributed by atoms with van der Waals surface area (Å²) in [5, 5.41) is 3.02. The first-order valence-electron chi connectivity index (χ1n) is 6.94. The van der Waals surface area contributed by atoms with E-state index in [4.69, 9.17) is 4.42 Å². The first kappa shape index (κ1) is 13.3. The van der Waals surface area contributed by atoms with Crippen LogP contribution >= 0.6 is 15.9 Å². The van der Waals surface area contributed by atoms with Gasteiger partial charge in [-0.15, -0.1) is 0 Å². The molecule has 0 aliphatic heterocycles. The number of para-hydroxylation sites is 1. The summed E-state index contributed by atoms with van der Waals surface area (Å²) in [6, 6.07) is 21.4. The van der Waals surface area contributed by atoms with Gasteiger partial charge in [-0.2, -0.15) is 0 Å². The summed E-state index contributed by atoms with van der Waals surface area (Å²) in [4.78, 5) is 12.4. The third-order valence-electron chi connectivity index (χ3n) is 3.80. The Kier molecular flexibility index (Phi) is 3.09. The van der Waals surface area contributed by atoms with Crippen LogP contribution in [0, 0.1) is 0 Å². The highest BCUT2D eigenvalue weighted by Gasteiger charge is 2.11. The van der Waals surface area contributed by atoms with Crippen molar-refractivity contribution in [1.82, 2.24) is 0 Å². The van der Waals surface area contributed by atoms with Crippen molar-refractivity contribution in [3.8, 4) is 11.1 Å². The van der Waals surface area contributed by atoms with Gasteiger partial charge in [0.2, 0.25) is 0 Å². The summed E-state index contributed by atoms with van der Waals surface area (Å²) in [5.74, 6) is 0. The second kappa shape index (κ2) is 5.11. The van der Waals surface area contributed by atoms with Gasteiger partial charge in [-0.25, -0.2) is 4.79 Å². The van der Waals surface area contributed by atoms with E-state index in [1.807, 2.05) is 60.7 Å². The molecule has 0 amide bonds. The maximum atomic E-state index is 12.4. The Morgan fingerprint density at radius 2 is 1.50 bits per heavy atom. The predicted octanol–water partition coefficient (Wildman–Crippen LogP) is 5.38. The van der Waals surface area contributed by atoms with Crippen molar-refractivity contribution in [2.45, 2.75) is 0 Å². The van der Waals surface area contributed by atoms with E-state index in [2.05, 4.69) is 15.9 Å². The highest BCUT2D eigenvalue weighted by atomic mass is 79.9. The van der Waals surface area contributed by atoms with Crippen molar-refractivity contribution in [3.63, 3.8) is 0 Å². The number of halogens is 1. The largest absolute Gasteiger partial charge is 0.422 e. The summed E-state index contributed by atoms with van der Waals surface area (Å²) in [6.07, 6.45) is 0. The van der Waals surface area contributed by atoms with Gasteiger partial charge < -0.3 is 4.42 Å². The minimum atomic E-state index is -0.314. The van der Waals surface area contributed by atoms with Gasteiger partial charge >= 0.3 is 5.63 Å². The van der Waals surface area contributed by atoms with Crippen LogP contribution in [0.5, 0.6) is 0 Å². The maximum Gasteiger partial charge on any atom is 0.344 e. The van der Waals surface area contributed by atoms with Crippen molar-refractivity contribution >= 4 is 37.7 Å². The maximum absolute atomic E-state index is 12.4. The molecule has 0 aliphatic carbocycles. The van der Waals surface area contributed by atoms with Gasteiger partial charge in [-0.3, -0.25) is 0 Å². The van der Waals surface area contributed by atoms with Gasteiger partial charge in [0.1, 0.15) is 5.58 Å². The topological polar surface area (TPSA) is 30.2 Å². The van der Waals surface area contributed by atoms with Gasteiger partial charge in [0.15, 0.2) is 0 Å². The summed E-state index contributed by atoms with van der Waals surface area (Å²) in [6.45, 7) is 0. The number of benzene rings is 3. The molecule has 2 nitrogen and oxygen atoms in total. The lowest BCUT2D eigenvalue weighted by Gasteiger charge is -2.08. The molecule has 0 radical (unpaired) electrons. The van der Waals surface area contributed by atoms with E-state index in [0.29, 0.717) is 11.1 Å². The first-order chi connectivity index (χ1) is 10.7. The normalized spacial score (nSPS) is 11.1. The third-order valence-corrected chi connectivity index (χ3v) is 4.49. The minimum absolute atomic E-state index is 0.314. The van der Waals surface area contributed by atoms with Crippen LogP contribution in [0.15, 0.2) is 80.4 Å². The lowest BCUT2D eigenvalue weighted by molar-refractivity contribution is 0.563. The Morgan fingerprint density at radius 1 is 0.773 bits per heavy atom. The summed E-state index contributed by atoms with van der Waals surface area (Å²) < 4.78 is 6.47. The number of hydrogen-bond acceptors (Lipinski definition) is 2. The van der Waals surface area contributed by atoms with E-state index in [-0.39, 0.29) is 5.63 Å². The highest BCUT2D eigenvalue weighted by molar-refractivity contribution is 9.10. The molecule has 1 heterocycles. The Hall–Kier alpha value is -2.39. The smallest absolute Gasteiger partial charge is 0.344 e. The zero-order valence-corrected chi connectivity index (χ0v) is 13.1. The van der Waals surface area contributed by atoms with E-state index in [1.165, 1.54) is 0 Å². The molecule has 0 N–H and O–H groups in total. The molecule has 0 saturated heterocycles. The van der Waals surface area contributed by atoms with Crippen molar-refractivity contribution in [3.05, 3.63) is 81.6 Å². The van der Waals surface area contributed by atoms with Crippen LogP contribution in [0.4, 0.5) is 0 Å². The van der Waals surface area contributed by atoms with Gasteiger partial charge in [0, 0.05) is 9.86 Å². The predicted molar refractivity (Wildman–Crippen MR) is 93.1 cm³/mol. The second-order valence-electron chi connectivity index (χ2n) is 5.13. The van der Waals surface area contributed by atoms with Crippen LogP contribution in [0.25, 0.3) is 32.9 Å². The van der Waals surface area contributed by atoms with E-state index in [9.17, 15) is 4.79 Å². The molecule has 3 aromatic carbocycles. The first-order valence-corrected chi connectivity index (χ1v) is 7.74. The van der Waals surface area contributed by atoms with Crippen molar-refractivity contribution < 1.29 is 4.42 Å². The standard InChI is InChI=1S/C19H11BrO2/c20-17-10-9-14(13-6-2-3-7-15(13)17)16-11-12-5-1-4-8-18(12)22-19(16)21/h1-11H. The molecule has 0 unspecified atom stereocenters. The van der Waals surface area contributed by atoms with Crippen LogP contribution in [0.3, 0.4) is 0 Å². The molecule has 3 heteroatoms. The molecule has 4 aromatic rings. The summed E-state index contributed by atoms with van der Waals surface area (Å²) in [5.41, 5.74) is 1.77. The second-order valence-corrected chi connectivity index (χ2v) is 5.98. The zero-order chi connectivity index (χ0) is 15.1. The van der Waals surface area contributed by atoms with Crippen LogP contribution in [-0.4, -0.2) is 0 Å².